The number of carbonyl (C=O) groups is 1. The summed E-state index contributed by atoms with van der Waals surface area (Å²) < 4.78 is 0. The van der Waals surface area contributed by atoms with Crippen molar-refractivity contribution < 1.29 is 4.79 Å². The number of carbonyl (C=O) groups excluding carboxylic acids is 1. The number of aromatic amines is 1. The summed E-state index contributed by atoms with van der Waals surface area (Å²) in [5.41, 5.74) is 4.27. The molecule has 4 aliphatic rings. The molecule has 1 amide bonds. The summed E-state index contributed by atoms with van der Waals surface area (Å²) in [6, 6.07) is 14.1. The molecule has 3 aromatic rings. The van der Waals surface area contributed by atoms with Crippen LogP contribution in [-0.2, 0) is 5.41 Å². The van der Waals surface area contributed by atoms with Gasteiger partial charge in [-0.15, -0.1) is 0 Å². The summed E-state index contributed by atoms with van der Waals surface area (Å²) in [7, 11) is 0. The molecule has 3 N–H and O–H groups in total. The Morgan fingerprint density at radius 2 is 1.62 bits per heavy atom. The Hall–Kier alpha value is -2.86. The molecule has 7 heteroatoms. The van der Waals surface area contributed by atoms with E-state index in [-0.39, 0.29) is 11.7 Å². The number of nitrogens with zero attached hydrogens (tertiary/aromatic N) is 2. The van der Waals surface area contributed by atoms with E-state index in [2.05, 4.69) is 44.0 Å². The van der Waals surface area contributed by atoms with Crippen molar-refractivity contribution in [1.82, 2.24) is 15.2 Å². The number of halogens is 1. The largest absolute Gasteiger partial charge is 0.354 e. The lowest BCUT2D eigenvalue weighted by molar-refractivity contribution is -0.00517. The van der Waals surface area contributed by atoms with Crippen molar-refractivity contribution >= 4 is 34.6 Å². The zero-order valence-corrected chi connectivity index (χ0v) is 18.5. The maximum atomic E-state index is 12.1. The number of benzene rings is 2. The predicted octanol–water partition coefficient (Wildman–Crippen LogP) is 5.92. The molecular weight excluding hydrogens is 422 g/mol. The molecule has 0 atom stereocenters. The number of anilines is 3. The molecule has 0 unspecified atom stereocenters. The highest BCUT2D eigenvalue weighted by Gasteiger charge is 2.51. The Labute approximate surface area is 192 Å². The van der Waals surface area contributed by atoms with E-state index in [0.29, 0.717) is 11.1 Å². The minimum atomic E-state index is -0.327. The first kappa shape index (κ1) is 19.8. The van der Waals surface area contributed by atoms with Gasteiger partial charge in [-0.2, -0.15) is 5.10 Å². The van der Waals surface area contributed by atoms with Crippen LogP contribution in [0.2, 0.25) is 5.02 Å². The fourth-order valence-electron chi connectivity index (χ4n) is 6.71. The van der Waals surface area contributed by atoms with Crippen molar-refractivity contribution in [3.63, 3.8) is 0 Å². The van der Waals surface area contributed by atoms with Crippen LogP contribution in [-0.4, -0.2) is 21.1 Å². The van der Waals surface area contributed by atoms with Crippen LogP contribution in [0.5, 0.6) is 0 Å². The molecule has 1 aromatic heterocycles. The molecule has 2 aromatic carbocycles. The van der Waals surface area contributed by atoms with Crippen molar-refractivity contribution in [1.29, 1.82) is 0 Å². The Balaban J connectivity index is 1.16. The molecule has 164 valence electrons. The zero-order valence-electron chi connectivity index (χ0n) is 17.8. The van der Waals surface area contributed by atoms with Gasteiger partial charge in [0.05, 0.1) is 10.7 Å². The molecule has 0 spiro atoms. The van der Waals surface area contributed by atoms with Gasteiger partial charge in [0.15, 0.2) is 0 Å². The summed E-state index contributed by atoms with van der Waals surface area (Å²) in [4.78, 5) is 15.9. The number of H-pyrrole nitrogens is 1. The van der Waals surface area contributed by atoms with Crippen molar-refractivity contribution in [3.8, 4) is 0 Å². The molecule has 4 fully saturated rings. The van der Waals surface area contributed by atoms with E-state index >= 15 is 0 Å². The Bertz CT molecular complexity index is 1110. The van der Waals surface area contributed by atoms with Gasteiger partial charge in [0.2, 0.25) is 5.82 Å². The Morgan fingerprint density at radius 1 is 0.969 bits per heavy atom. The molecule has 0 saturated heterocycles. The van der Waals surface area contributed by atoms with Crippen LogP contribution in [0.3, 0.4) is 0 Å². The third-order valence-corrected chi connectivity index (χ3v) is 7.98. The highest BCUT2D eigenvalue weighted by atomic mass is 35.5. The molecule has 0 radical (unpaired) electrons. The van der Waals surface area contributed by atoms with Crippen LogP contribution >= 0.6 is 11.6 Å². The normalized spacial score (nSPS) is 28.0. The van der Waals surface area contributed by atoms with E-state index in [4.69, 9.17) is 11.6 Å². The van der Waals surface area contributed by atoms with Crippen LogP contribution < -0.4 is 10.6 Å². The summed E-state index contributed by atoms with van der Waals surface area (Å²) in [5.74, 6) is 2.60. The molecule has 4 bridgehead atoms. The maximum Gasteiger partial charge on any atom is 0.292 e. The van der Waals surface area contributed by atoms with Gasteiger partial charge < -0.3 is 10.6 Å². The Kier molecular flexibility index (Phi) is 4.72. The maximum absolute atomic E-state index is 12.1. The van der Waals surface area contributed by atoms with Crippen molar-refractivity contribution in [3.05, 3.63) is 65.2 Å². The van der Waals surface area contributed by atoms with E-state index < -0.39 is 0 Å². The van der Waals surface area contributed by atoms with Crippen molar-refractivity contribution in [2.24, 2.45) is 17.8 Å². The van der Waals surface area contributed by atoms with E-state index in [1.54, 1.807) is 0 Å². The van der Waals surface area contributed by atoms with Gasteiger partial charge in [-0.1, -0.05) is 17.7 Å². The highest BCUT2D eigenvalue weighted by molar-refractivity contribution is 6.33. The number of hydrogen-bond acceptors (Lipinski definition) is 4. The van der Waals surface area contributed by atoms with Crippen molar-refractivity contribution in [2.45, 2.75) is 43.9 Å². The molecule has 6 nitrogen and oxygen atoms in total. The topological polar surface area (TPSA) is 82.7 Å². The predicted molar refractivity (Wildman–Crippen MR) is 125 cm³/mol. The van der Waals surface area contributed by atoms with Crippen LogP contribution in [0.1, 0.15) is 54.7 Å². The third kappa shape index (κ3) is 3.56. The van der Waals surface area contributed by atoms with Gasteiger partial charge in [0, 0.05) is 11.4 Å². The molecule has 4 saturated carbocycles. The van der Waals surface area contributed by atoms with E-state index in [0.717, 1.165) is 34.2 Å². The van der Waals surface area contributed by atoms with Crippen molar-refractivity contribution in [2.75, 3.05) is 10.6 Å². The second kappa shape index (κ2) is 7.62. The first-order valence-corrected chi connectivity index (χ1v) is 11.8. The third-order valence-electron chi connectivity index (χ3n) is 7.67. The molecule has 32 heavy (non-hydrogen) atoms. The average molecular weight is 448 g/mol. The minimum absolute atomic E-state index is 0.179. The molecule has 4 aliphatic carbocycles. The summed E-state index contributed by atoms with van der Waals surface area (Å²) in [6.45, 7) is 0. The number of aromatic nitrogens is 3. The van der Waals surface area contributed by atoms with E-state index in [1.807, 2.05) is 24.3 Å². The van der Waals surface area contributed by atoms with Gasteiger partial charge in [-0.25, -0.2) is 4.98 Å². The number of hydrogen-bond donors (Lipinski definition) is 3. The lowest BCUT2D eigenvalue weighted by Gasteiger charge is -2.57. The molecule has 1 heterocycles. The number of rotatable bonds is 5. The Morgan fingerprint density at radius 3 is 2.22 bits per heavy atom. The van der Waals surface area contributed by atoms with E-state index in [1.165, 1.54) is 50.4 Å². The molecule has 7 rings (SSSR count). The summed E-state index contributed by atoms with van der Waals surface area (Å²) >= 11 is 6.74. The monoisotopic (exact) mass is 447 g/mol. The number of amides is 1. The highest BCUT2D eigenvalue weighted by Crippen LogP contribution is 2.61. The summed E-state index contributed by atoms with van der Waals surface area (Å²) in [6.07, 6.45) is 9.65. The van der Waals surface area contributed by atoms with Gasteiger partial charge >= 0.3 is 0 Å². The number of nitrogens with one attached hydrogen (secondary N) is 3. The smallest absolute Gasteiger partial charge is 0.292 e. The van der Waals surface area contributed by atoms with Gasteiger partial charge in [0.1, 0.15) is 6.33 Å². The molecule has 0 aliphatic heterocycles. The van der Waals surface area contributed by atoms with E-state index in [9.17, 15) is 4.79 Å². The van der Waals surface area contributed by atoms with Crippen LogP contribution in [0.4, 0.5) is 17.1 Å². The van der Waals surface area contributed by atoms with Crippen LogP contribution in [0, 0.1) is 17.8 Å². The standard InChI is InChI=1S/C25H26ClN5O/c26-21-10-18(25-11-15-7-16(12-25)9-17(8-15)13-25)1-6-22(21)29-19-2-4-20(5-3-19)30-24(32)23-27-14-28-31-23/h1-6,10,14-17,29H,7-9,11-13H2,(H,30,32)(H,27,28,31). The lowest BCUT2D eigenvalue weighted by atomic mass is 9.48. The quantitative estimate of drug-likeness (QED) is 0.453. The first-order valence-electron chi connectivity index (χ1n) is 11.4. The zero-order chi connectivity index (χ0) is 21.7. The lowest BCUT2D eigenvalue weighted by Crippen LogP contribution is -2.48. The second-order valence-electron chi connectivity index (χ2n) is 9.88. The van der Waals surface area contributed by atoms with Gasteiger partial charge in [-0.05, 0) is 104 Å². The average Bonchev–Trinajstić information content (AvgIpc) is 3.31. The fourth-order valence-corrected chi connectivity index (χ4v) is 6.94. The SMILES string of the molecule is O=C(Nc1ccc(Nc2ccc(C34CC5CC(CC(C5)C3)C4)cc2Cl)cc1)c1ncn[nH]1. The molecular formula is C25H26ClN5O. The van der Waals surface area contributed by atoms with Gasteiger partial charge in [-0.3, -0.25) is 9.89 Å². The minimum Gasteiger partial charge on any atom is -0.354 e. The van der Waals surface area contributed by atoms with Crippen LogP contribution in [0.25, 0.3) is 0 Å². The second-order valence-corrected chi connectivity index (χ2v) is 10.3. The van der Waals surface area contributed by atoms with Gasteiger partial charge in [0.25, 0.3) is 5.91 Å². The fraction of sp³-hybridized carbons (Fsp3) is 0.400. The summed E-state index contributed by atoms with van der Waals surface area (Å²) in [5, 5.41) is 13.2. The first-order chi connectivity index (χ1) is 15.6. The van der Waals surface area contributed by atoms with Crippen LogP contribution in [0.15, 0.2) is 48.8 Å².